The van der Waals surface area contributed by atoms with E-state index in [4.69, 9.17) is 0 Å². The van der Waals surface area contributed by atoms with Gasteiger partial charge in [0.2, 0.25) is 0 Å². The molecule has 0 amide bonds. The Morgan fingerprint density at radius 1 is 0.258 bits per heavy atom. The topological polar surface area (TPSA) is 0 Å². The van der Waals surface area contributed by atoms with Gasteiger partial charge in [-0.15, -0.1) is 0 Å². The standard InChI is InChI=1S/3C8H18.C7H16/c3*1-6(2)8(5)7(3)4;1-6(2)5-7(3)4/h3*6-8H,1-5H3;6-7H,5H2,1-4H3. The van der Waals surface area contributed by atoms with Crippen LogP contribution in [0, 0.1) is 65.1 Å². The van der Waals surface area contributed by atoms with Gasteiger partial charge in [-0.25, -0.2) is 0 Å². The SMILES string of the molecule is CC(C)C(C)C(C)C.CC(C)C(C)C(C)C.CC(C)C(C)C(C)C.CC(C)CC(C)C. The first kappa shape index (κ1) is 38.3. The van der Waals surface area contributed by atoms with Crippen LogP contribution in [-0.4, -0.2) is 0 Å². The Morgan fingerprint density at radius 3 is 0.387 bits per heavy atom. The second-order valence-electron chi connectivity index (χ2n) is 13.1. The molecule has 0 nitrogen and oxygen atoms in total. The fraction of sp³-hybridized carbons (Fsp3) is 1.00. The minimum Gasteiger partial charge on any atom is -0.0628 e. The quantitative estimate of drug-likeness (QED) is 0.350. The second-order valence-corrected chi connectivity index (χ2v) is 13.1. The summed E-state index contributed by atoms with van der Waals surface area (Å²) in [5.74, 6) is 9.42. The molecular weight excluding hydrogens is 372 g/mol. The normalized spacial score (nSPS) is 11.8. The summed E-state index contributed by atoms with van der Waals surface area (Å²) >= 11 is 0. The number of rotatable bonds is 8. The lowest BCUT2D eigenvalue weighted by molar-refractivity contribution is 0.316. The average Bonchev–Trinajstić information content (AvgIpc) is 2.59. The summed E-state index contributed by atoms with van der Waals surface area (Å²) in [5, 5.41) is 0. The average molecular weight is 443 g/mol. The van der Waals surface area contributed by atoms with Gasteiger partial charge in [-0.1, -0.05) is 132 Å². The van der Waals surface area contributed by atoms with Crippen LogP contribution >= 0.6 is 0 Å². The minimum atomic E-state index is 0.843. The molecule has 0 aliphatic heterocycles. The first-order valence-electron chi connectivity index (χ1n) is 13.8. The van der Waals surface area contributed by atoms with Gasteiger partial charge < -0.3 is 0 Å². The highest BCUT2D eigenvalue weighted by molar-refractivity contribution is 4.61. The maximum atomic E-state index is 2.31. The third-order valence-electron chi connectivity index (χ3n) is 7.25. The zero-order valence-corrected chi connectivity index (χ0v) is 26.1. The molecule has 31 heavy (non-hydrogen) atoms. The van der Waals surface area contributed by atoms with E-state index in [0.717, 1.165) is 65.1 Å². The van der Waals surface area contributed by atoms with Crippen LogP contribution in [0.25, 0.3) is 0 Å². The maximum absolute atomic E-state index is 2.31. The monoisotopic (exact) mass is 443 g/mol. The Labute approximate surface area is 203 Å². The van der Waals surface area contributed by atoms with Crippen LogP contribution in [-0.2, 0) is 0 Å². The van der Waals surface area contributed by atoms with Crippen molar-refractivity contribution in [2.75, 3.05) is 0 Å². The highest BCUT2D eigenvalue weighted by Gasteiger charge is 2.11. The summed E-state index contributed by atoms with van der Waals surface area (Å²) in [6, 6.07) is 0. The van der Waals surface area contributed by atoms with Gasteiger partial charge in [-0.05, 0) is 71.5 Å². The lowest BCUT2D eigenvalue weighted by Gasteiger charge is -2.18. The lowest BCUT2D eigenvalue weighted by atomic mass is 9.88. The Kier molecular flexibility index (Phi) is 26.9. The van der Waals surface area contributed by atoms with Crippen LogP contribution < -0.4 is 0 Å². The maximum Gasteiger partial charge on any atom is -0.0396 e. The van der Waals surface area contributed by atoms with E-state index < -0.39 is 0 Å². The van der Waals surface area contributed by atoms with E-state index in [2.05, 4.69) is 132 Å². The highest BCUT2D eigenvalue weighted by atomic mass is 14.2. The van der Waals surface area contributed by atoms with Gasteiger partial charge in [0.05, 0.1) is 0 Å². The van der Waals surface area contributed by atoms with Gasteiger partial charge in [-0.2, -0.15) is 0 Å². The van der Waals surface area contributed by atoms with Gasteiger partial charge in [0.1, 0.15) is 0 Å². The molecule has 0 aliphatic rings. The Balaban J connectivity index is -0.000000157. The van der Waals surface area contributed by atoms with Crippen molar-refractivity contribution in [1.82, 2.24) is 0 Å². The predicted octanol–water partition coefficient (Wildman–Crippen LogP) is 11.5. The molecule has 0 unspecified atom stereocenters. The molecule has 0 saturated heterocycles. The Morgan fingerprint density at radius 2 is 0.387 bits per heavy atom. The first-order chi connectivity index (χ1) is 13.8. The predicted molar refractivity (Wildman–Crippen MR) is 151 cm³/mol. The fourth-order valence-electron chi connectivity index (χ4n) is 3.25. The zero-order chi connectivity index (χ0) is 26.1. The molecule has 0 aromatic rings. The molecular formula is C31H70. The largest absolute Gasteiger partial charge is 0.0628 e. The van der Waals surface area contributed by atoms with Crippen LogP contribution in [0.15, 0.2) is 0 Å². The Bertz CT molecular complexity index is 257. The molecule has 0 atom stereocenters. The molecule has 0 spiro atoms. The van der Waals surface area contributed by atoms with E-state index in [1.165, 1.54) is 6.42 Å². The number of hydrogen-bond donors (Lipinski definition) is 0. The third kappa shape index (κ3) is 30.0. The van der Waals surface area contributed by atoms with Gasteiger partial charge in [-0.3, -0.25) is 0 Å². The van der Waals surface area contributed by atoms with Gasteiger partial charge in [0.15, 0.2) is 0 Å². The molecule has 0 heteroatoms. The molecule has 0 aromatic heterocycles. The molecule has 0 radical (unpaired) electrons. The van der Waals surface area contributed by atoms with Crippen molar-refractivity contribution in [3.05, 3.63) is 0 Å². The van der Waals surface area contributed by atoms with Crippen molar-refractivity contribution in [2.45, 2.75) is 138 Å². The molecule has 0 rings (SSSR count). The first-order valence-corrected chi connectivity index (χ1v) is 13.8. The van der Waals surface area contributed by atoms with E-state index in [1.807, 2.05) is 0 Å². The van der Waals surface area contributed by atoms with Gasteiger partial charge in [0, 0.05) is 0 Å². The second kappa shape index (κ2) is 21.8. The summed E-state index contributed by atoms with van der Waals surface area (Å²) in [4.78, 5) is 0. The smallest absolute Gasteiger partial charge is 0.0396 e. The van der Waals surface area contributed by atoms with Crippen LogP contribution in [0.1, 0.15) is 138 Å². The Hall–Kier alpha value is 0. The van der Waals surface area contributed by atoms with Crippen LogP contribution in [0.5, 0.6) is 0 Å². The highest BCUT2D eigenvalue weighted by Crippen LogP contribution is 2.19. The fourth-order valence-corrected chi connectivity index (χ4v) is 3.25. The van der Waals surface area contributed by atoms with E-state index in [9.17, 15) is 0 Å². The van der Waals surface area contributed by atoms with E-state index in [-0.39, 0.29) is 0 Å². The minimum absolute atomic E-state index is 0.843. The van der Waals surface area contributed by atoms with E-state index >= 15 is 0 Å². The molecule has 194 valence electrons. The van der Waals surface area contributed by atoms with E-state index in [0.29, 0.717) is 0 Å². The molecule has 0 bridgehead atoms. The number of hydrogen-bond acceptors (Lipinski definition) is 0. The van der Waals surface area contributed by atoms with Crippen molar-refractivity contribution in [2.24, 2.45) is 65.1 Å². The molecule has 0 N–H and O–H groups in total. The van der Waals surface area contributed by atoms with Crippen molar-refractivity contribution in [1.29, 1.82) is 0 Å². The van der Waals surface area contributed by atoms with Gasteiger partial charge in [0.25, 0.3) is 0 Å². The van der Waals surface area contributed by atoms with E-state index in [1.54, 1.807) is 0 Å². The summed E-state index contributed by atoms with van der Waals surface area (Å²) < 4.78 is 0. The third-order valence-corrected chi connectivity index (χ3v) is 7.25. The lowest BCUT2D eigenvalue weighted by Crippen LogP contribution is -2.10. The molecule has 0 saturated carbocycles. The van der Waals surface area contributed by atoms with Crippen molar-refractivity contribution < 1.29 is 0 Å². The van der Waals surface area contributed by atoms with Crippen LogP contribution in [0.4, 0.5) is 0 Å². The summed E-state index contributed by atoms with van der Waals surface area (Å²) in [5.41, 5.74) is 0. The molecule has 0 heterocycles. The summed E-state index contributed by atoms with van der Waals surface area (Å²) in [7, 11) is 0. The zero-order valence-electron chi connectivity index (χ0n) is 26.1. The summed E-state index contributed by atoms with van der Waals surface area (Å²) in [6.45, 7) is 43.4. The molecule has 0 aromatic carbocycles. The molecule has 0 fully saturated rings. The van der Waals surface area contributed by atoms with Crippen molar-refractivity contribution in [3.63, 3.8) is 0 Å². The molecule has 0 aliphatic carbocycles. The van der Waals surface area contributed by atoms with Crippen molar-refractivity contribution in [3.8, 4) is 0 Å². The van der Waals surface area contributed by atoms with Crippen LogP contribution in [0.3, 0.4) is 0 Å². The van der Waals surface area contributed by atoms with Gasteiger partial charge >= 0.3 is 0 Å². The van der Waals surface area contributed by atoms with Crippen LogP contribution in [0.2, 0.25) is 0 Å². The van der Waals surface area contributed by atoms with Crippen molar-refractivity contribution >= 4 is 0 Å². The summed E-state index contributed by atoms with van der Waals surface area (Å²) in [6.07, 6.45) is 1.36.